The molecule has 2 aromatic carbocycles. The maximum Gasteiger partial charge on any atom is 0.274 e. The molecule has 0 unspecified atom stereocenters. The largest absolute Gasteiger partial charge is 0.492 e. The minimum atomic E-state index is -0.279. The molecule has 0 radical (unpaired) electrons. The fourth-order valence-corrected chi connectivity index (χ4v) is 3.07. The molecule has 2 N–H and O–H groups in total. The topological polar surface area (TPSA) is 76.1 Å². The van der Waals surface area contributed by atoms with Crippen molar-refractivity contribution in [3.63, 3.8) is 0 Å². The Morgan fingerprint density at radius 3 is 2.50 bits per heavy atom. The van der Waals surface area contributed by atoms with Gasteiger partial charge in [0.25, 0.3) is 5.91 Å². The summed E-state index contributed by atoms with van der Waals surface area (Å²) in [7, 11) is 0. The van der Waals surface area contributed by atoms with Crippen LogP contribution in [0.3, 0.4) is 0 Å². The van der Waals surface area contributed by atoms with E-state index >= 15 is 0 Å². The second-order valence-electron chi connectivity index (χ2n) is 6.55. The summed E-state index contributed by atoms with van der Waals surface area (Å²) < 4.78 is 5.60. The number of ether oxygens (including phenoxy) is 1. The van der Waals surface area contributed by atoms with Gasteiger partial charge in [0.15, 0.2) is 0 Å². The van der Waals surface area contributed by atoms with E-state index in [1.165, 1.54) is 0 Å². The summed E-state index contributed by atoms with van der Waals surface area (Å²) in [6, 6.07) is 13.2. The maximum absolute atomic E-state index is 12.7. The van der Waals surface area contributed by atoms with Gasteiger partial charge in [0.1, 0.15) is 11.4 Å². The number of aryl methyl sites for hydroxylation is 3. The van der Waals surface area contributed by atoms with Crippen LogP contribution in [-0.4, -0.2) is 22.5 Å². The maximum atomic E-state index is 12.7. The molecule has 0 saturated heterocycles. The summed E-state index contributed by atoms with van der Waals surface area (Å²) in [5.74, 6) is 0.755. The van der Waals surface area contributed by atoms with Gasteiger partial charge in [-0.1, -0.05) is 29.8 Å². The van der Waals surface area contributed by atoms with Gasteiger partial charge in [0.05, 0.1) is 12.3 Å². The number of benzene rings is 2. The third kappa shape index (κ3) is 4.46. The monoisotopic (exact) mass is 376 g/mol. The van der Waals surface area contributed by atoms with Gasteiger partial charge in [-0.3, -0.25) is 4.79 Å². The predicted molar refractivity (Wildman–Crippen MR) is 112 cm³/mol. The van der Waals surface area contributed by atoms with Crippen molar-refractivity contribution in [2.75, 3.05) is 17.2 Å². The molecule has 0 aliphatic heterocycles. The van der Waals surface area contributed by atoms with Gasteiger partial charge in [0.2, 0.25) is 5.95 Å². The Morgan fingerprint density at radius 1 is 1.07 bits per heavy atom. The van der Waals surface area contributed by atoms with Crippen LogP contribution in [0.4, 0.5) is 17.3 Å². The van der Waals surface area contributed by atoms with E-state index in [2.05, 4.69) is 20.6 Å². The molecule has 0 bridgehead atoms. The molecule has 1 heterocycles. The van der Waals surface area contributed by atoms with Crippen LogP contribution in [0.2, 0.25) is 0 Å². The SMILES string of the molecule is CCOc1ccccc1Nc1nccc(C(=O)Nc2c(C)cc(C)cc2C)n1. The second-order valence-corrected chi connectivity index (χ2v) is 6.55. The Labute approximate surface area is 165 Å². The number of carbonyl (C=O) groups is 1. The number of hydrogen-bond acceptors (Lipinski definition) is 5. The molecule has 0 spiro atoms. The van der Waals surface area contributed by atoms with E-state index in [-0.39, 0.29) is 11.6 Å². The van der Waals surface area contributed by atoms with Crippen molar-refractivity contribution in [2.24, 2.45) is 0 Å². The Balaban J connectivity index is 1.81. The van der Waals surface area contributed by atoms with Crippen LogP contribution in [0.15, 0.2) is 48.7 Å². The second kappa shape index (κ2) is 8.52. The van der Waals surface area contributed by atoms with Crippen molar-refractivity contribution >= 4 is 23.2 Å². The molecule has 1 aromatic heterocycles. The first-order valence-electron chi connectivity index (χ1n) is 9.19. The molecular weight excluding hydrogens is 352 g/mol. The molecule has 0 aliphatic carbocycles. The van der Waals surface area contributed by atoms with Crippen molar-refractivity contribution in [1.82, 2.24) is 9.97 Å². The van der Waals surface area contributed by atoms with Crippen LogP contribution >= 0.6 is 0 Å². The quantitative estimate of drug-likeness (QED) is 0.646. The summed E-state index contributed by atoms with van der Waals surface area (Å²) in [5, 5.41) is 6.08. The number of anilines is 3. The molecule has 3 aromatic rings. The van der Waals surface area contributed by atoms with Crippen molar-refractivity contribution in [3.8, 4) is 5.75 Å². The van der Waals surface area contributed by atoms with Crippen molar-refractivity contribution in [3.05, 3.63) is 71.0 Å². The van der Waals surface area contributed by atoms with Gasteiger partial charge in [-0.05, 0) is 57.0 Å². The molecular formula is C22H24N4O2. The Hall–Kier alpha value is -3.41. The molecule has 0 aliphatic rings. The highest BCUT2D eigenvalue weighted by Crippen LogP contribution is 2.26. The number of rotatable bonds is 6. The van der Waals surface area contributed by atoms with E-state index in [0.717, 1.165) is 28.1 Å². The number of hydrogen-bond donors (Lipinski definition) is 2. The molecule has 28 heavy (non-hydrogen) atoms. The zero-order chi connectivity index (χ0) is 20.1. The number of nitrogens with one attached hydrogen (secondary N) is 2. The third-order valence-electron chi connectivity index (χ3n) is 4.24. The Kier molecular flexibility index (Phi) is 5.89. The van der Waals surface area contributed by atoms with Crippen molar-refractivity contribution in [1.29, 1.82) is 0 Å². The van der Waals surface area contributed by atoms with E-state index in [0.29, 0.717) is 18.3 Å². The van der Waals surface area contributed by atoms with E-state index in [1.807, 2.05) is 64.1 Å². The summed E-state index contributed by atoms with van der Waals surface area (Å²) in [6.07, 6.45) is 1.56. The minimum absolute atomic E-state index is 0.279. The van der Waals surface area contributed by atoms with Crippen LogP contribution < -0.4 is 15.4 Å². The van der Waals surface area contributed by atoms with E-state index in [9.17, 15) is 4.79 Å². The average Bonchev–Trinajstić information content (AvgIpc) is 2.66. The molecule has 144 valence electrons. The standard InChI is InChI=1S/C22H24N4O2/c1-5-28-19-9-7-6-8-17(19)24-22-23-11-10-18(25-22)21(27)26-20-15(3)12-14(2)13-16(20)4/h6-13H,5H2,1-4H3,(H,26,27)(H,23,24,25). The molecule has 6 heteroatoms. The average molecular weight is 376 g/mol. The molecule has 1 amide bonds. The normalized spacial score (nSPS) is 10.4. The first-order chi connectivity index (χ1) is 13.5. The summed E-state index contributed by atoms with van der Waals surface area (Å²) >= 11 is 0. The highest BCUT2D eigenvalue weighted by molar-refractivity contribution is 6.03. The first-order valence-corrected chi connectivity index (χ1v) is 9.19. The number of carbonyl (C=O) groups excluding carboxylic acids is 1. The molecule has 0 fully saturated rings. The zero-order valence-electron chi connectivity index (χ0n) is 16.5. The molecule has 6 nitrogen and oxygen atoms in total. The highest BCUT2D eigenvalue weighted by Gasteiger charge is 2.13. The third-order valence-corrected chi connectivity index (χ3v) is 4.24. The number of para-hydroxylation sites is 2. The van der Waals surface area contributed by atoms with Crippen molar-refractivity contribution < 1.29 is 9.53 Å². The van der Waals surface area contributed by atoms with Gasteiger partial charge in [-0.15, -0.1) is 0 Å². The van der Waals surface area contributed by atoms with Gasteiger partial charge in [-0.25, -0.2) is 9.97 Å². The Morgan fingerprint density at radius 2 is 1.79 bits per heavy atom. The predicted octanol–water partition coefficient (Wildman–Crippen LogP) is 4.80. The van der Waals surface area contributed by atoms with Crippen molar-refractivity contribution in [2.45, 2.75) is 27.7 Å². The summed E-state index contributed by atoms with van der Waals surface area (Å²) in [6.45, 7) is 8.47. The number of nitrogens with zero attached hydrogens (tertiary/aromatic N) is 2. The lowest BCUT2D eigenvalue weighted by Crippen LogP contribution is -2.16. The van der Waals surface area contributed by atoms with Gasteiger partial charge in [-0.2, -0.15) is 0 Å². The number of amides is 1. The Bertz CT molecular complexity index is 978. The van der Waals surface area contributed by atoms with Crippen LogP contribution in [0, 0.1) is 20.8 Å². The molecule has 3 rings (SSSR count). The molecule has 0 atom stereocenters. The van der Waals surface area contributed by atoms with Gasteiger partial charge in [0, 0.05) is 11.9 Å². The lowest BCUT2D eigenvalue weighted by molar-refractivity contribution is 0.102. The summed E-state index contributed by atoms with van der Waals surface area (Å²) in [5.41, 5.74) is 5.03. The zero-order valence-corrected chi connectivity index (χ0v) is 16.5. The fourth-order valence-electron chi connectivity index (χ4n) is 3.07. The molecule has 0 saturated carbocycles. The number of aromatic nitrogens is 2. The highest BCUT2D eigenvalue weighted by atomic mass is 16.5. The van der Waals surface area contributed by atoms with Crippen LogP contribution in [0.5, 0.6) is 5.75 Å². The van der Waals surface area contributed by atoms with Crippen LogP contribution in [-0.2, 0) is 0 Å². The fraction of sp³-hybridized carbons (Fsp3) is 0.227. The smallest absolute Gasteiger partial charge is 0.274 e. The van der Waals surface area contributed by atoms with Crippen LogP contribution in [0.25, 0.3) is 0 Å². The van der Waals surface area contributed by atoms with E-state index in [1.54, 1.807) is 12.3 Å². The van der Waals surface area contributed by atoms with Gasteiger partial charge >= 0.3 is 0 Å². The lowest BCUT2D eigenvalue weighted by Gasteiger charge is -2.13. The lowest BCUT2D eigenvalue weighted by atomic mass is 10.1. The van der Waals surface area contributed by atoms with Crippen LogP contribution in [0.1, 0.15) is 34.1 Å². The summed E-state index contributed by atoms with van der Waals surface area (Å²) in [4.78, 5) is 21.3. The van der Waals surface area contributed by atoms with Gasteiger partial charge < -0.3 is 15.4 Å². The van der Waals surface area contributed by atoms with E-state index < -0.39 is 0 Å². The first kappa shape index (κ1) is 19.4. The van der Waals surface area contributed by atoms with E-state index in [4.69, 9.17) is 4.74 Å². The minimum Gasteiger partial charge on any atom is -0.492 e.